The summed E-state index contributed by atoms with van der Waals surface area (Å²) >= 11 is 5.43. The van der Waals surface area contributed by atoms with E-state index in [2.05, 4.69) is 0 Å². The van der Waals surface area contributed by atoms with Gasteiger partial charge in [0.1, 0.15) is 23.3 Å². The number of amides is 1. The molecule has 0 heterocycles. The van der Waals surface area contributed by atoms with Gasteiger partial charge < -0.3 is 5.32 Å². The van der Waals surface area contributed by atoms with E-state index in [1.807, 2.05) is 0 Å². The molecule has 0 fully saturated rings. The fourth-order valence-corrected chi connectivity index (χ4v) is 5.07. The smallest absolute Gasteiger partial charge is 0.349 e. The van der Waals surface area contributed by atoms with Crippen LogP contribution in [-0.2, 0) is 16.0 Å². The number of nitrogens with one attached hydrogen (secondary N) is 1. The Bertz CT molecular complexity index is 1380. The molecule has 0 aliphatic carbocycles. The number of halogens is 12. The molecule has 1 amide bonds. The largest absolute Gasteiger partial charge is 0.417 e. The zero-order valence-electron chi connectivity index (χ0n) is 19.8. The zero-order valence-corrected chi connectivity index (χ0v) is 21.4. The van der Waals surface area contributed by atoms with Crippen molar-refractivity contribution in [1.29, 1.82) is 0 Å². The van der Waals surface area contributed by atoms with Crippen molar-refractivity contribution >= 4 is 33.2 Å². The number of benzene rings is 2. The predicted octanol–water partition coefficient (Wildman–Crippen LogP) is 7.25. The Hall–Kier alpha value is -2.88. The molecule has 1 N–H and O–H groups in total. The molecule has 0 saturated heterocycles. The van der Waals surface area contributed by atoms with Crippen LogP contribution in [0.4, 0.5) is 48.3 Å². The van der Waals surface area contributed by atoms with E-state index in [1.54, 1.807) is 5.32 Å². The van der Waals surface area contributed by atoms with Crippen LogP contribution >= 0.6 is 11.6 Å². The van der Waals surface area contributed by atoms with Crippen molar-refractivity contribution in [2.24, 2.45) is 0 Å². The topological polar surface area (TPSA) is 63.2 Å². The van der Waals surface area contributed by atoms with E-state index < -0.39 is 96.7 Å². The summed E-state index contributed by atoms with van der Waals surface area (Å²) in [6, 6.07) is 1.21. The number of alkyl halides is 9. The highest BCUT2D eigenvalue weighted by molar-refractivity contribution is 7.91. The number of hydrogen-bond donors (Lipinski definition) is 1. The van der Waals surface area contributed by atoms with Crippen molar-refractivity contribution in [2.45, 2.75) is 37.4 Å². The van der Waals surface area contributed by atoms with Crippen molar-refractivity contribution in [3.8, 4) is 0 Å². The zero-order chi connectivity index (χ0) is 30.8. The van der Waals surface area contributed by atoms with E-state index in [-0.39, 0.29) is 12.1 Å². The molecule has 0 spiro atoms. The molecule has 0 aliphatic heterocycles. The average Bonchev–Trinajstić information content (AvgIpc) is 2.75. The normalized spacial score (nSPS) is 15.1. The summed E-state index contributed by atoms with van der Waals surface area (Å²) in [5, 5.41) is 1.26. The molecule has 0 aromatic heterocycles. The summed E-state index contributed by atoms with van der Waals surface area (Å²) in [7, 11) is -4.82. The van der Waals surface area contributed by atoms with Crippen molar-refractivity contribution in [1.82, 2.24) is 5.32 Å². The number of carbonyl (C=O) groups excluding carboxylic acids is 1. The number of allylic oxidation sites excluding steroid dienone is 1. The van der Waals surface area contributed by atoms with Gasteiger partial charge in [0.05, 0.1) is 21.9 Å². The lowest BCUT2D eigenvalue weighted by molar-refractivity contribution is -0.140. The van der Waals surface area contributed by atoms with Gasteiger partial charge in [0, 0.05) is 11.6 Å². The Kier molecular flexibility index (Phi) is 9.94. The highest BCUT2D eigenvalue weighted by atomic mass is 35.5. The summed E-state index contributed by atoms with van der Waals surface area (Å²) < 4.78 is 171. The minimum Gasteiger partial charge on any atom is -0.349 e. The lowest BCUT2D eigenvalue weighted by Gasteiger charge is -2.19. The molecule has 0 radical (unpaired) electrons. The van der Waals surface area contributed by atoms with Gasteiger partial charge in [-0.2, -0.15) is 39.5 Å². The number of sulfone groups is 1. The van der Waals surface area contributed by atoms with E-state index in [4.69, 9.17) is 11.6 Å². The summed E-state index contributed by atoms with van der Waals surface area (Å²) in [6.07, 6.45) is -15.8. The van der Waals surface area contributed by atoms with Crippen molar-refractivity contribution in [3.63, 3.8) is 0 Å². The van der Waals surface area contributed by atoms with Crippen LogP contribution in [0.2, 0.25) is 5.02 Å². The molecule has 4 nitrogen and oxygen atoms in total. The molecule has 222 valence electrons. The lowest BCUT2D eigenvalue weighted by Crippen LogP contribution is -2.40. The van der Waals surface area contributed by atoms with E-state index in [0.29, 0.717) is 18.2 Å². The Balaban J connectivity index is 2.43. The molecular formula is C23H17ClF11NO3S. The van der Waals surface area contributed by atoms with Gasteiger partial charge in [-0.1, -0.05) is 23.7 Å². The Morgan fingerprint density at radius 1 is 1.00 bits per heavy atom. The third-order valence-electron chi connectivity index (χ3n) is 5.08. The van der Waals surface area contributed by atoms with Gasteiger partial charge in [-0.3, -0.25) is 4.79 Å². The average molecular weight is 632 g/mol. The SMILES string of the molecule is CC(CS(=O)(=O)CC(F)(F)F)NC(=O)c1ccc(/C(F)=C/C(c2ccc(Cl)c(F)c2)C(F)(F)F)cc1C(F)(F)F. The van der Waals surface area contributed by atoms with Crippen molar-refractivity contribution in [2.75, 3.05) is 11.5 Å². The summed E-state index contributed by atoms with van der Waals surface area (Å²) in [6.45, 7) is 0.909. The molecule has 0 bridgehead atoms. The molecule has 2 atom stereocenters. The van der Waals surface area contributed by atoms with Gasteiger partial charge >= 0.3 is 18.5 Å². The van der Waals surface area contributed by atoms with Gasteiger partial charge in [0.15, 0.2) is 9.84 Å². The molecule has 2 aromatic carbocycles. The Morgan fingerprint density at radius 3 is 2.10 bits per heavy atom. The van der Waals surface area contributed by atoms with E-state index in [9.17, 15) is 61.5 Å². The minimum absolute atomic E-state index is 0.0156. The van der Waals surface area contributed by atoms with Crippen LogP contribution in [-0.4, -0.2) is 44.2 Å². The van der Waals surface area contributed by atoms with Crippen LogP contribution in [0.15, 0.2) is 42.5 Å². The number of carbonyl (C=O) groups is 1. The van der Waals surface area contributed by atoms with Crippen LogP contribution in [0.25, 0.3) is 5.83 Å². The van der Waals surface area contributed by atoms with Gasteiger partial charge in [-0.05, 0) is 42.8 Å². The molecule has 40 heavy (non-hydrogen) atoms. The van der Waals surface area contributed by atoms with E-state index >= 15 is 0 Å². The van der Waals surface area contributed by atoms with Gasteiger partial charge in [0.2, 0.25) is 0 Å². The highest BCUT2D eigenvalue weighted by Crippen LogP contribution is 2.40. The summed E-state index contributed by atoms with van der Waals surface area (Å²) in [4.78, 5) is 12.4. The monoisotopic (exact) mass is 631 g/mol. The second-order valence-electron chi connectivity index (χ2n) is 8.51. The molecule has 0 aliphatic rings. The second kappa shape index (κ2) is 11.9. The number of rotatable bonds is 8. The fraction of sp³-hybridized carbons (Fsp3) is 0.348. The first-order chi connectivity index (χ1) is 18.0. The lowest BCUT2D eigenvalue weighted by atomic mass is 9.95. The number of hydrogen-bond acceptors (Lipinski definition) is 3. The van der Waals surface area contributed by atoms with Gasteiger partial charge in [-0.25, -0.2) is 17.2 Å². The third kappa shape index (κ3) is 9.35. The first-order valence-corrected chi connectivity index (χ1v) is 12.9. The molecule has 2 aromatic rings. The molecule has 17 heteroatoms. The van der Waals surface area contributed by atoms with Crippen molar-refractivity contribution in [3.05, 3.63) is 75.6 Å². The van der Waals surface area contributed by atoms with Crippen LogP contribution < -0.4 is 5.32 Å². The van der Waals surface area contributed by atoms with Gasteiger partial charge in [-0.15, -0.1) is 0 Å². The maximum absolute atomic E-state index is 14.8. The quantitative estimate of drug-likeness (QED) is 0.312. The molecule has 2 rings (SSSR count). The first kappa shape index (κ1) is 33.3. The minimum atomic E-state index is -5.38. The highest BCUT2D eigenvalue weighted by Gasteiger charge is 2.41. The maximum atomic E-state index is 14.8. The summed E-state index contributed by atoms with van der Waals surface area (Å²) in [5.74, 6) is -11.0. The van der Waals surface area contributed by atoms with Gasteiger partial charge in [0.25, 0.3) is 5.91 Å². The predicted molar refractivity (Wildman–Crippen MR) is 122 cm³/mol. The molecular weight excluding hydrogens is 615 g/mol. The molecule has 2 unspecified atom stereocenters. The third-order valence-corrected chi connectivity index (χ3v) is 7.16. The van der Waals surface area contributed by atoms with Crippen LogP contribution in [0.1, 0.15) is 39.9 Å². The fourth-order valence-electron chi connectivity index (χ4n) is 3.49. The van der Waals surface area contributed by atoms with Crippen LogP contribution in [0.3, 0.4) is 0 Å². The van der Waals surface area contributed by atoms with Crippen LogP contribution in [0.5, 0.6) is 0 Å². The second-order valence-corrected chi connectivity index (χ2v) is 11.0. The summed E-state index contributed by atoms with van der Waals surface area (Å²) in [5.41, 5.74) is -4.91. The standard InChI is InChI=1S/C23H17ClF11NO3S/c1-11(9-40(38,39)10-21(27,28)29)36-20(37)14-4-2-13(6-16(14)23(33,34)35)18(25)8-15(22(30,31)32)12-3-5-17(24)19(26)7-12/h2-8,11,15H,9-10H2,1H3,(H,36,37)/b18-8-. The molecule has 0 saturated carbocycles. The van der Waals surface area contributed by atoms with Crippen molar-refractivity contribution < 1.29 is 61.5 Å². The van der Waals surface area contributed by atoms with Crippen LogP contribution in [0, 0.1) is 5.82 Å². The first-order valence-electron chi connectivity index (χ1n) is 10.7. The Labute approximate surface area is 224 Å². The Morgan fingerprint density at radius 2 is 1.60 bits per heavy atom. The van der Waals surface area contributed by atoms with E-state index in [0.717, 1.165) is 19.1 Å². The maximum Gasteiger partial charge on any atom is 0.417 e. The van der Waals surface area contributed by atoms with E-state index in [1.165, 1.54) is 0 Å².